The van der Waals surface area contributed by atoms with E-state index >= 15 is 0 Å². The monoisotopic (exact) mass is 1770 g/mol. The molecule has 2 spiro atoms. The molecule has 0 saturated carbocycles. The van der Waals surface area contributed by atoms with Gasteiger partial charge in [0.25, 0.3) is 0 Å². The van der Waals surface area contributed by atoms with E-state index < -0.39 is 79.8 Å². The van der Waals surface area contributed by atoms with Crippen molar-refractivity contribution in [3.63, 3.8) is 0 Å². The van der Waals surface area contributed by atoms with Gasteiger partial charge in [-0.15, -0.1) is 0 Å². The molecule has 0 amide bonds. The van der Waals surface area contributed by atoms with Gasteiger partial charge in [-0.3, -0.25) is 0 Å². The van der Waals surface area contributed by atoms with Crippen LogP contribution in [0.15, 0.2) is 0 Å². The van der Waals surface area contributed by atoms with Gasteiger partial charge in [0.05, 0.1) is 0 Å². The first kappa shape index (κ1) is 49.2. The van der Waals surface area contributed by atoms with E-state index in [2.05, 4.69) is 225 Å². The molecule has 272 valence electrons. The van der Waals surface area contributed by atoms with Crippen molar-refractivity contribution in [2.24, 2.45) is 0 Å². The Morgan fingerprint density at radius 1 is 0.455 bits per heavy atom. The van der Waals surface area contributed by atoms with Gasteiger partial charge in [0.15, 0.2) is 0 Å². The number of hydrogen-bond donors (Lipinski definition) is 0. The molecule has 3 aliphatic heterocycles. The van der Waals surface area contributed by atoms with E-state index in [1.807, 2.05) is 0 Å². The first-order valence-electron chi connectivity index (χ1n) is 14.3. The van der Waals surface area contributed by atoms with Crippen LogP contribution in [0, 0.1) is 0 Å². The summed E-state index contributed by atoms with van der Waals surface area (Å²) in [4.78, 5) is 0. The molecule has 18 heteroatoms. The number of nitrogens with zero attached hydrogens (tertiary/aromatic N) is 6. The Labute approximate surface area is 359 Å². The van der Waals surface area contributed by atoms with E-state index in [1.165, 1.54) is 0 Å². The number of rotatable bonds is 2. The summed E-state index contributed by atoms with van der Waals surface area (Å²) in [5.41, 5.74) is 0.221. The van der Waals surface area contributed by atoms with Crippen molar-refractivity contribution in [2.45, 2.75) is 158 Å². The molecule has 0 aromatic rings. The Kier molecular flexibility index (Phi) is 19.7. The van der Waals surface area contributed by atoms with Crippen molar-refractivity contribution in [1.82, 2.24) is 11.9 Å². The van der Waals surface area contributed by atoms with E-state index in [-0.39, 0.29) is 33.2 Å². The van der Waals surface area contributed by atoms with E-state index in [0.29, 0.717) is 26.5 Å². The van der Waals surface area contributed by atoms with E-state index in [4.69, 9.17) is 2.93 Å². The predicted molar refractivity (Wildman–Crippen MR) is 223 cm³/mol. The molecule has 0 aromatic heterocycles. The maximum atomic E-state index is 7.82. The Hall–Kier alpha value is 7.22. The van der Waals surface area contributed by atoms with Crippen LogP contribution in [0.3, 0.4) is 0 Å². The van der Waals surface area contributed by atoms with Crippen molar-refractivity contribution in [3.8, 4) is 0 Å². The molecule has 3 rings (SSSR count). The van der Waals surface area contributed by atoms with Gasteiger partial charge in [-0.1, -0.05) is 0 Å². The van der Waals surface area contributed by atoms with Crippen LogP contribution in [0.4, 0.5) is 0 Å². The summed E-state index contributed by atoms with van der Waals surface area (Å²) in [6, 6.07) is 0. The molecular weight excluding hydrogens is 1700 g/mol. The molecule has 3 aliphatic rings. The van der Waals surface area contributed by atoms with Crippen LogP contribution < -0.4 is 26.5 Å². The third-order valence-corrected chi connectivity index (χ3v) is 73.2. The molecule has 3 saturated heterocycles. The van der Waals surface area contributed by atoms with Gasteiger partial charge in [0.2, 0.25) is 0 Å². The van der Waals surface area contributed by atoms with Gasteiger partial charge in [-0.05, 0) is 0 Å². The van der Waals surface area contributed by atoms with Crippen LogP contribution in [0.5, 0.6) is 0 Å². The number of halogens is 6. The second-order valence-electron chi connectivity index (χ2n) is 16.7. The Balaban J connectivity index is 0.00000149. The average molecular weight is 1760 g/mol. The molecule has 0 N–H and O–H groups in total. The first-order chi connectivity index (χ1) is 19.3. The fourth-order valence-corrected chi connectivity index (χ4v) is 97.9. The van der Waals surface area contributed by atoms with E-state index in [0.717, 1.165) is 0 Å². The Morgan fingerprint density at radius 2 is 0.614 bits per heavy atom. The van der Waals surface area contributed by atoms with Gasteiger partial charge >= 0.3 is 368 Å². The summed E-state index contributed by atoms with van der Waals surface area (Å²) in [5, 5.41) is 0. The van der Waals surface area contributed by atoms with Crippen LogP contribution >= 0.6 is 74.5 Å². The quantitative estimate of drug-likeness (QED) is 0.309. The van der Waals surface area contributed by atoms with Crippen molar-refractivity contribution < 1.29 is 29.4 Å². The minimum absolute atomic E-state index is 0.00786. The molecule has 44 heavy (non-hydrogen) atoms. The molecular formula is C26H60I6N6O2Te4. The van der Waals surface area contributed by atoms with Gasteiger partial charge in [-0.25, -0.2) is 0 Å². The third-order valence-electron chi connectivity index (χ3n) is 6.36. The molecule has 0 bridgehead atoms. The minimum atomic E-state index is -3.50. The second kappa shape index (κ2) is 17.6. The SMILES string of the molecule is CN([Te+]1N(C(C)(C)C)[Te]2(O[Te]3(O2)N(C(C)(C)C)[Te+](N(C)C(C)(C)C)N3C(C)(C)C)N1C(C)(C)C)C(C)(C)C.I[I-]I.I[I-]I. The normalized spacial score (nSPS) is 24.4. The summed E-state index contributed by atoms with van der Waals surface area (Å²) in [6.45, 7) is 42.7. The van der Waals surface area contributed by atoms with Crippen molar-refractivity contribution in [3.05, 3.63) is 0 Å². The topological polar surface area (TPSA) is 37.9 Å². The standard InChI is InChI=1S/C26H60N6O2Te4.2I3/c1-21(2,3)27(19)35-29(23(7,8)9)37(30(35)24(10,11)12)33-38(34-37)31(25(13,14)15)36(28(20)22(4,5)6)32(38)26(16,17)18;2*1-3-2/h1-20H3;;/q+2;2*-1. The fraction of sp³-hybridized carbons (Fsp3) is 1.00. The first-order valence-corrected chi connectivity index (χ1v) is 53.7. The van der Waals surface area contributed by atoms with Crippen LogP contribution in [0.25, 0.3) is 0 Å². The summed E-state index contributed by atoms with van der Waals surface area (Å²) in [7, 11) is 4.68. The predicted octanol–water partition coefficient (Wildman–Crippen LogP) is 2.31. The molecule has 0 radical (unpaired) electrons. The van der Waals surface area contributed by atoms with Crippen molar-refractivity contribution in [2.75, 3.05) is 14.1 Å². The van der Waals surface area contributed by atoms with E-state index in [1.54, 1.807) is 0 Å². The molecule has 0 aliphatic carbocycles. The van der Waals surface area contributed by atoms with Crippen LogP contribution in [0.2, 0.25) is 0 Å². The molecule has 0 unspecified atom stereocenters. The van der Waals surface area contributed by atoms with Crippen LogP contribution in [-0.4, -0.2) is 139 Å². The van der Waals surface area contributed by atoms with E-state index in [9.17, 15) is 0 Å². The second-order valence-corrected chi connectivity index (χ2v) is 83.5. The fourth-order valence-electron chi connectivity index (χ4n) is 4.32. The Bertz CT molecular complexity index is 838. The zero-order valence-electron chi connectivity index (χ0n) is 30.4. The van der Waals surface area contributed by atoms with Crippen molar-refractivity contribution in [1.29, 1.82) is 0 Å². The molecule has 3 heterocycles. The van der Waals surface area contributed by atoms with Gasteiger partial charge in [0.1, 0.15) is 0 Å². The summed E-state index contributed by atoms with van der Waals surface area (Å²) < 4.78 is 32.4. The average Bonchev–Trinajstić information content (AvgIpc) is 2.65. The summed E-state index contributed by atoms with van der Waals surface area (Å²) in [6.07, 6.45) is 0. The zero-order valence-corrected chi connectivity index (χ0v) is 52.7. The van der Waals surface area contributed by atoms with Gasteiger partial charge < -0.3 is 0 Å². The van der Waals surface area contributed by atoms with Gasteiger partial charge in [0, 0.05) is 0 Å². The summed E-state index contributed by atoms with van der Waals surface area (Å²) >= 11 is -0.612. The Morgan fingerprint density at radius 3 is 0.727 bits per heavy atom. The maximum absolute atomic E-state index is 7.82. The molecule has 0 atom stereocenters. The van der Waals surface area contributed by atoms with Crippen LogP contribution in [0.1, 0.15) is 125 Å². The third kappa shape index (κ3) is 10.7. The summed E-state index contributed by atoms with van der Waals surface area (Å²) in [5.74, 6) is 0. The molecule has 0 aromatic carbocycles. The van der Waals surface area contributed by atoms with Crippen molar-refractivity contribution >= 4 is 154 Å². The van der Waals surface area contributed by atoms with Gasteiger partial charge in [-0.2, -0.15) is 0 Å². The number of hydrogen-bond acceptors (Lipinski definition) is 8. The molecule has 3 fully saturated rings. The zero-order chi connectivity index (χ0) is 35.4. The van der Waals surface area contributed by atoms with Crippen LogP contribution in [-0.2, 0) is 2.93 Å². The molecule has 8 nitrogen and oxygen atoms in total.